The van der Waals surface area contributed by atoms with Crippen molar-refractivity contribution in [1.82, 2.24) is 0 Å². The topological polar surface area (TPSA) is 46.4 Å². The SMILES string of the molecule is CCC(C)N(C)c1ccc([N+](=O)[O-])c(I)c1. The normalized spacial score (nSPS) is 12.2. The van der Waals surface area contributed by atoms with Gasteiger partial charge in [0.15, 0.2) is 0 Å². The number of rotatable bonds is 4. The molecule has 0 aliphatic rings. The maximum Gasteiger partial charge on any atom is 0.282 e. The summed E-state index contributed by atoms with van der Waals surface area (Å²) in [7, 11) is 2.01. The second kappa shape index (κ2) is 5.47. The third-order valence-electron chi connectivity index (χ3n) is 2.79. The fourth-order valence-electron chi connectivity index (χ4n) is 1.39. The van der Waals surface area contributed by atoms with Gasteiger partial charge >= 0.3 is 0 Å². The van der Waals surface area contributed by atoms with Gasteiger partial charge in [-0.25, -0.2) is 0 Å². The summed E-state index contributed by atoms with van der Waals surface area (Å²) in [5.41, 5.74) is 1.19. The van der Waals surface area contributed by atoms with E-state index in [4.69, 9.17) is 0 Å². The van der Waals surface area contributed by atoms with Crippen molar-refractivity contribution in [1.29, 1.82) is 0 Å². The van der Waals surface area contributed by atoms with Crippen molar-refractivity contribution in [3.63, 3.8) is 0 Å². The fourth-order valence-corrected chi connectivity index (χ4v) is 2.09. The molecule has 1 rings (SSSR count). The van der Waals surface area contributed by atoms with Gasteiger partial charge in [0.2, 0.25) is 0 Å². The molecule has 0 spiro atoms. The van der Waals surface area contributed by atoms with Gasteiger partial charge < -0.3 is 4.90 Å². The van der Waals surface area contributed by atoms with Crippen LogP contribution in [0, 0.1) is 13.7 Å². The van der Waals surface area contributed by atoms with E-state index in [0.717, 1.165) is 12.1 Å². The summed E-state index contributed by atoms with van der Waals surface area (Å²) in [4.78, 5) is 12.5. The van der Waals surface area contributed by atoms with Gasteiger partial charge in [0, 0.05) is 24.8 Å². The Kier molecular flexibility index (Phi) is 4.52. The quantitative estimate of drug-likeness (QED) is 0.481. The molecule has 0 aliphatic heterocycles. The summed E-state index contributed by atoms with van der Waals surface area (Å²) in [6.07, 6.45) is 1.05. The van der Waals surface area contributed by atoms with Crippen LogP contribution >= 0.6 is 22.6 Å². The average molecular weight is 334 g/mol. The monoisotopic (exact) mass is 334 g/mol. The highest BCUT2D eigenvalue weighted by Gasteiger charge is 2.14. The highest BCUT2D eigenvalue weighted by atomic mass is 127. The van der Waals surface area contributed by atoms with Crippen LogP contribution < -0.4 is 4.90 Å². The van der Waals surface area contributed by atoms with Crippen molar-refractivity contribution in [3.8, 4) is 0 Å². The molecule has 0 aromatic heterocycles. The number of hydrogen-bond acceptors (Lipinski definition) is 3. The van der Waals surface area contributed by atoms with E-state index >= 15 is 0 Å². The molecule has 0 heterocycles. The Morgan fingerprint density at radius 2 is 2.19 bits per heavy atom. The van der Waals surface area contributed by atoms with E-state index in [1.807, 2.05) is 35.7 Å². The van der Waals surface area contributed by atoms with Crippen LogP contribution in [0.4, 0.5) is 11.4 Å². The van der Waals surface area contributed by atoms with Gasteiger partial charge in [0.25, 0.3) is 5.69 Å². The molecule has 0 aliphatic carbocycles. The molecule has 5 heteroatoms. The van der Waals surface area contributed by atoms with E-state index in [1.165, 1.54) is 0 Å². The third kappa shape index (κ3) is 2.84. The van der Waals surface area contributed by atoms with E-state index in [-0.39, 0.29) is 10.6 Å². The molecule has 0 radical (unpaired) electrons. The van der Waals surface area contributed by atoms with Crippen molar-refractivity contribution in [2.24, 2.45) is 0 Å². The largest absolute Gasteiger partial charge is 0.372 e. The summed E-state index contributed by atoms with van der Waals surface area (Å²) >= 11 is 2.00. The predicted octanol–water partition coefficient (Wildman–Crippen LogP) is 3.43. The lowest BCUT2D eigenvalue weighted by Crippen LogP contribution is -2.27. The van der Waals surface area contributed by atoms with Crippen LogP contribution in [0.1, 0.15) is 20.3 Å². The molecule has 0 saturated carbocycles. The van der Waals surface area contributed by atoms with Gasteiger partial charge in [-0.05, 0) is 48.1 Å². The molecule has 1 unspecified atom stereocenters. The summed E-state index contributed by atoms with van der Waals surface area (Å²) < 4.78 is 0.676. The lowest BCUT2D eigenvalue weighted by molar-refractivity contribution is -0.385. The number of benzene rings is 1. The van der Waals surface area contributed by atoms with Crippen molar-refractivity contribution >= 4 is 34.0 Å². The van der Waals surface area contributed by atoms with Crippen LogP contribution in [0.5, 0.6) is 0 Å². The maximum atomic E-state index is 10.7. The Morgan fingerprint density at radius 3 is 2.62 bits per heavy atom. The number of anilines is 1. The molecule has 1 aromatic carbocycles. The van der Waals surface area contributed by atoms with E-state index in [0.29, 0.717) is 9.61 Å². The lowest BCUT2D eigenvalue weighted by Gasteiger charge is -2.26. The van der Waals surface area contributed by atoms with Gasteiger partial charge in [-0.2, -0.15) is 0 Å². The first-order valence-corrected chi connectivity index (χ1v) is 6.22. The van der Waals surface area contributed by atoms with Crippen LogP contribution in [0.3, 0.4) is 0 Å². The fraction of sp³-hybridized carbons (Fsp3) is 0.455. The predicted molar refractivity (Wildman–Crippen MR) is 74.0 cm³/mol. The minimum Gasteiger partial charge on any atom is -0.372 e. The molecule has 16 heavy (non-hydrogen) atoms. The zero-order valence-electron chi connectivity index (χ0n) is 9.61. The number of nitrogens with zero attached hydrogens (tertiary/aromatic N) is 2. The van der Waals surface area contributed by atoms with E-state index in [2.05, 4.69) is 18.7 Å². The maximum absolute atomic E-state index is 10.7. The van der Waals surface area contributed by atoms with Crippen LogP contribution in [0.2, 0.25) is 0 Å². The second-order valence-corrected chi connectivity index (χ2v) is 4.92. The minimum atomic E-state index is -0.352. The molecular weight excluding hydrogens is 319 g/mol. The standard InChI is InChI=1S/C11H15IN2O2/c1-4-8(2)13(3)9-5-6-11(14(15)16)10(12)7-9/h5-8H,4H2,1-3H3. The van der Waals surface area contributed by atoms with Crippen LogP contribution in [0.25, 0.3) is 0 Å². The zero-order valence-corrected chi connectivity index (χ0v) is 11.8. The van der Waals surface area contributed by atoms with E-state index in [1.54, 1.807) is 12.1 Å². The summed E-state index contributed by atoms with van der Waals surface area (Å²) in [6, 6.07) is 5.64. The molecule has 0 amide bonds. The van der Waals surface area contributed by atoms with E-state index < -0.39 is 0 Å². The van der Waals surface area contributed by atoms with Crippen molar-refractivity contribution in [2.75, 3.05) is 11.9 Å². The minimum absolute atomic E-state index is 0.168. The highest BCUT2D eigenvalue weighted by molar-refractivity contribution is 14.1. The Hall–Kier alpha value is -0.850. The van der Waals surface area contributed by atoms with Crippen molar-refractivity contribution < 1.29 is 4.92 Å². The number of nitro groups is 1. The molecule has 4 nitrogen and oxygen atoms in total. The second-order valence-electron chi connectivity index (χ2n) is 3.76. The van der Waals surface area contributed by atoms with Gasteiger partial charge in [-0.3, -0.25) is 10.1 Å². The first-order chi connectivity index (χ1) is 7.47. The molecule has 0 N–H and O–H groups in total. The third-order valence-corrected chi connectivity index (χ3v) is 3.65. The van der Waals surface area contributed by atoms with Crippen molar-refractivity contribution in [2.45, 2.75) is 26.3 Å². The summed E-state index contributed by atoms with van der Waals surface area (Å²) in [5, 5.41) is 10.7. The average Bonchev–Trinajstić information content (AvgIpc) is 2.26. The first kappa shape index (κ1) is 13.2. The Balaban J connectivity index is 3.01. The van der Waals surface area contributed by atoms with Gasteiger partial charge in [0.05, 0.1) is 8.49 Å². The lowest BCUT2D eigenvalue weighted by atomic mass is 10.2. The molecule has 0 bridgehead atoms. The Morgan fingerprint density at radius 1 is 1.56 bits per heavy atom. The van der Waals surface area contributed by atoms with Gasteiger partial charge in [-0.1, -0.05) is 6.92 Å². The summed E-state index contributed by atoms with van der Waals surface area (Å²) in [6.45, 7) is 4.26. The van der Waals surface area contributed by atoms with Gasteiger partial charge in [-0.15, -0.1) is 0 Å². The molecule has 1 aromatic rings. The van der Waals surface area contributed by atoms with E-state index in [9.17, 15) is 10.1 Å². The van der Waals surface area contributed by atoms with Crippen LogP contribution in [0.15, 0.2) is 18.2 Å². The summed E-state index contributed by atoms with van der Waals surface area (Å²) in [5.74, 6) is 0. The van der Waals surface area contributed by atoms with Gasteiger partial charge in [0.1, 0.15) is 0 Å². The Labute approximate surface area is 109 Å². The van der Waals surface area contributed by atoms with Crippen molar-refractivity contribution in [3.05, 3.63) is 31.9 Å². The van der Waals surface area contributed by atoms with Crippen LogP contribution in [-0.2, 0) is 0 Å². The zero-order chi connectivity index (χ0) is 12.3. The number of nitro benzene ring substituents is 1. The smallest absolute Gasteiger partial charge is 0.282 e. The van der Waals surface area contributed by atoms with Crippen LogP contribution in [-0.4, -0.2) is 18.0 Å². The molecule has 0 saturated heterocycles. The molecule has 0 fully saturated rings. The molecule has 88 valence electrons. The molecular formula is C11H15IN2O2. The first-order valence-electron chi connectivity index (χ1n) is 5.14. The Bertz CT molecular complexity index is 396. The molecule has 1 atom stereocenters. The number of halogens is 1. The highest BCUT2D eigenvalue weighted by Crippen LogP contribution is 2.26. The number of hydrogen-bond donors (Lipinski definition) is 0.